The summed E-state index contributed by atoms with van der Waals surface area (Å²) in [5, 5.41) is 0. The number of para-hydroxylation sites is 1. The van der Waals surface area contributed by atoms with E-state index in [9.17, 15) is 14.0 Å². The third-order valence-electron chi connectivity index (χ3n) is 6.59. The number of amides is 2. The molecule has 176 valence electrons. The molecule has 3 heterocycles. The number of hydrogen-bond acceptors (Lipinski definition) is 5. The summed E-state index contributed by atoms with van der Waals surface area (Å²) in [6.07, 6.45) is -0.499. The fourth-order valence-electron chi connectivity index (χ4n) is 4.95. The predicted molar refractivity (Wildman–Crippen MR) is 121 cm³/mol. The van der Waals surface area contributed by atoms with Gasteiger partial charge >= 0.3 is 6.09 Å². The Kier molecular flexibility index (Phi) is 6.60. The van der Waals surface area contributed by atoms with Gasteiger partial charge in [0.05, 0.1) is 6.54 Å². The van der Waals surface area contributed by atoms with Gasteiger partial charge in [0.15, 0.2) is 0 Å². The molecular formula is C24H35FN4O3. The number of likely N-dealkylation sites (tertiary alicyclic amines) is 2. The molecular weight excluding hydrogens is 411 g/mol. The minimum Gasteiger partial charge on any atom is -0.444 e. The molecule has 0 radical (unpaired) electrons. The average Bonchev–Trinajstić information content (AvgIpc) is 3.40. The quantitative estimate of drug-likeness (QED) is 0.715. The van der Waals surface area contributed by atoms with Gasteiger partial charge in [-0.2, -0.15) is 0 Å². The molecule has 0 aromatic heterocycles. The van der Waals surface area contributed by atoms with E-state index in [1.807, 2.05) is 39.0 Å². The van der Waals surface area contributed by atoms with Gasteiger partial charge in [-0.05, 0) is 45.7 Å². The number of rotatable bonds is 3. The number of piperazine rings is 1. The number of alkyl halides is 1. The first-order valence-electron chi connectivity index (χ1n) is 11.7. The van der Waals surface area contributed by atoms with Crippen molar-refractivity contribution in [3.8, 4) is 0 Å². The Morgan fingerprint density at radius 2 is 1.69 bits per heavy atom. The maximum atomic E-state index is 13.7. The second-order valence-corrected chi connectivity index (χ2v) is 10.1. The van der Waals surface area contributed by atoms with Crippen molar-refractivity contribution in [1.82, 2.24) is 14.7 Å². The van der Waals surface area contributed by atoms with Crippen molar-refractivity contribution in [3.05, 3.63) is 30.3 Å². The standard InChI is InChI=1S/C24H35FN4O3/c1-24(2,3)32-23(31)29-17-20(15-21(29)22(30)28-10-9-18(25)16-28)27-13-11-26(12-14-27)19-7-5-4-6-8-19/h4-8,18,20-21H,9-17H2,1-3H3/t18-,20-,21-/m0/s1. The molecule has 0 aliphatic carbocycles. The highest BCUT2D eigenvalue weighted by Gasteiger charge is 2.46. The first-order valence-corrected chi connectivity index (χ1v) is 11.7. The normalized spacial score (nSPS) is 27.1. The topological polar surface area (TPSA) is 56.3 Å². The van der Waals surface area contributed by atoms with Gasteiger partial charge in [0, 0.05) is 51.0 Å². The summed E-state index contributed by atoms with van der Waals surface area (Å²) >= 11 is 0. The van der Waals surface area contributed by atoms with Crippen molar-refractivity contribution < 1.29 is 18.7 Å². The summed E-state index contributed by atoms with van der Waals surface area (Å²) in [4.78, 5) is 34.1. The molecule has 3 aliphatic rings. The number of hydrogen-bond donors (Lipinski definition) is 0. The summed E-state index contributed by atoms with van der Waals surface area (Å²) in [6, 6.07) is 9.87. The highest BCUT2D eigenvalue weighted by Crippen LogP contribution is 2.29. The Balaban J connectivity index is 1.43. The molecule has 8 heteroatoms. The first-order chi connectivity index (χ1) is 15.2. The van der Waals surface area contributed by atoms with Crippen LogP contribution < -0.4 is 4.90 Å². The molecule has 0 bridgehead atoms. The molecule has 3 saturated heterocycles. The fourth-order valence-corrected chi connectivity index (χ4v) is 4.95. The zero-order valence-corrected chi connectivity index (χ0v) is 19.4. The van der Waals surface area contributed by atoms with Gasteiger partial charge in [-0.1, -0.05) is 18.2 Å². The summed E-state index contributed by atoms with van der Waals surface area (Å²) < 4.78 is 19.3. The molecule has 1 aromatic rings. The van der Waals surface area contributed by atoms with Gasteiger partial charge in [0.25, 0.3) is 0 Å². The third-order valence-corrected chi connectivity index (χ3v) is 6.59. The van der Waals surface area contributed by atoms with Gasteiger partial charge in [-0.25, -0.2) is 9.18 Å². The molecule has 3 atom stereocenters. The Bertz CT molecular complexity index is 807. The molecule has 0 spiro atoms. The molecule has 32 heavy (non-hydrogen) atoms. The van der Waals surface area contributed by atoms with Gasteiger partial charge in [-0.15, -0.1) is 0 Å². The summed E-state index contributed by atoms with van der Waals surface area (Å²) in [5.74, 6) is -0.151. The van der Waals surface area contributed by atoms with E-state index in [0.717, 1.165) is 26.2 Å². The summed E-state index contributed by atoms with van der Waals surface area (Å²) in [6.45, 7) is 10.0. The smallest absolute Gasteiger partial charge is 0.411 e. The average molecular weight is 447 g/mol. The molecule has 0 N–H and O–H groups in total. The summed E-state index contributed by atoms with van der Waals surface area (Å²) in [5.41, 5.74) is 0.582. The fraction of sp³-hybridized carbons (Fsp3) is 0.667. The number of nitrogens with zero attached hydrogens (tertiary/aromatic N) is 4. The van der Waals surface area contributed by atoms with E-state index in [1.165, 1.54) is 5.69 Å². The van der Waals surface area contributed by atoms with Crippen molar-refractivity contribution in [3.63, 3.8) is 0 Å². The molecule has 3 fully saturated rings. The minimum absolute atomic E-state index is 0.0955. The lowest BCUT2D eigenvalue weighted by Gasteiger charge is -2.39. The number of carbonyl (C=O) groups excluding carboxylic acids is 2. The van der Waals surface area contributed by atoms with Crippen LogP contribution in [0.25, 0.3) is 0 Å². The van der Waals surface area contributed by atoms with Crippen LogP contribution in [0, 0.1) is 0 Å². The van der Waals surface area contributed by atoms with E-state index in [1.54, 1.807) is 9.80 Å². The van der Waals surface area contributed by atoms with Gasteiger partial charge in [0.1, 0.15) is 17.8 Å². The largest absolute Gasteiger partial charge is 0.444 e. The Labute approximate surface area is 190 Å². The molecule has 1 aromatic carbocycles. The van der Waals surface area contributed by atoms with E-state index >= 15 is 0 Å². The second-order valence-electron chi connectivity index (χ2n) is 10.1. The van der Waals surface area contributed by atoms with Crippen molar-refractivity contribution in [2.75, 3.05) is 50.7 Å². The van der Waals surface area contributed by atoms with E-state index < -0.39 is 23.9 Å². The van der Waals surface area contributed by atoms with Gasteiger partial charge < -0.3 is 14.5 Å². The Hall–Kier alpha value is -2.35. The molecule has 0 saturated carbocycles. The highest BCUT2D eigenvalue weighted by molar-refractivity contribution is 5.86. The van der Waals surface area contributed by atoms with Crippen molar-refractivity contribution in [2.24, 2.45) is 0 Å². The number of carbonyl (C=O) groups is 2. The van der Waals surface area contributed by atoms with E-state index in [4.69, 9.17) is 4.74 Å². The predicted octanol–water partition coefficient (Wildman–Crippen LogP) is 2.76. The SMILES string of the molecule is CC(C)(C)OC(=O)N1C[C@@H](N2CCN(c3ccccc3)CC2)C[C@H]1C(=O)N1CC[C@H](F)C1. The van der Waals surface area contributed by atoms with Crippen molar-refractivity contribution in [2.45, 2.75) is 57.5 Å². The molecule has 4 rings (SSSR count). The molecule has 7 nitrogen and oxygen atoms in total. The van der Waals surface area contributed by atoms with Crippen LogP contribution in [0.5, 0.6) is 0 Å². The zero-order chi connectivity index (χ0) is 22.9. The molecule has 3 aliphatic heterocycles. The third kappa shape index (κ3) is 5.17. The van der Waals surface area contributed by atoms with E-state index in [2.05, 4.69) is 21.9 Å². The number of ether oxygens (including phenoxy) is 1. The lowest BCUT2D eigenvalue weighted by molar-refractivity contribution is -0.135. The Morgan fingerprint density at radius 3 is 2.28 bits per heavy atom. The van der Waals surface area contributed by atoms with Crippen LogP contribution in [-0.4, -0.2) is 96.4 Å². The maximum Gasteiger partial charge on any atom is 0.411 e. The number of anilines is 1. The van der Waals surface area contributed by atoms with Gasteiger partial charge in [0.2, 0.25) is 5.91 Å². The van der Waals surface area contributed by atoms with Crippen molar-refractivity contribution >= 4 is 17.7 Å². The monoisotopic (exact) mass is 446 g/mol. The molecule has 0 unspecified atom stereocenters. The van der Waals surface area contributed by atoms with Crippen LogP contribution in [0.15, 0.2) is 30.3 Å². The van der Waals surface area contributed by atoms with Crippen LogP contribution >= 0.6 is 0 Å². The Morgan fingerprint density at radius 1 is 1.00 bits per heavy atom. The lowest BCUT2D eigenvalue weighted by atomic mass is 10.1. The molecule has 2 amide bonds. The number of benzene rings is 1. The van der Waals surface area contributed by atoms with Crippen LogP contribution in [0.3, 0.4) is 0 Å². The van der Waals surface area contributed by atoms with E-state index in [-0.39, 0.29) is 18.5 Å². The van der Waals surface area contributed by atoms with Crippen LogP contribution in [0.4, 0.5) is 14.9 Å². The van der Waals surface area contributed by atoms with Crippen LogP contribution in [0.1, 0.15) is 33.6 Å². The highest BCUT2D eigenvalue weighted by atomic mass is 19.1. The zero-order valence-electron chi connectivity index (χ0n) is 19.4. The number of halogens is 1. The maximum absolute atomic E-state index is 13.7. The lowest BCUT2D eigenvalue weighted by Crippen LogP contribution is -2.51. The van der Waals surface area contributed by atoms with Crippen molar-refractivity contribution in [1.29, 1.82) is 0 Å². The van der Waals surface area contributed by atoms with Crippen LogP contribution in [-0.2, 0) is 9.53 Å². The van der Waals surface area contributed by atoms with Crippen LogP contribution in [0.2, 0.25) is 0 Å². The van der Waals surface area contributed by atoms with Gasteiger partial charge in [-0.3, -0.25) is 14.6 Å². The summed E-state index contributed by atoms with van der Waals surface area (Å²) in [7, 11) is 0. The van der Waals surface area contributed by atoms with E-state index in [0.29, 0.717) is 25.9 Å². The first kappa shape index (κ1) is 22.8. The second kappa shape index (κ2) is 9.25. The minimum atomic E-state index is -0.975.